The molecule has 0 aliphatic carbocycles. The molecule has 6 N–H and O–H groups in total. The Hall–Kier alpha value is -3.66. The molecule has 0 spiro atoms. The van der Waals surface area contributed by atoms with E-state index in [2.05, 4.69) is 16.8 Å². The molecule has 142 valence electrons. The quantitative estimate of drug-likeness (QED) is 0.231. The summed E-state index contributed by atoms with van der Waals surface area (Å²) in [5, 5.41) is 16.4. The van der Waals surface area contributed by atoms with Crippen molar-refractivity contribution in [1.29, 1.82) is 0 Å². The average molecular weight is 399 g/mol. The van der Waals surface area contributed by atoms with E-state index in [1.807, 2.05) is 48.7 Å². The van der Waals surface area contributed by atoms with Crippen LogP contribution in [0, 0.1) is 11.8 Å². The number of anilines is 1. The van der Waals surface area contributed by atoms with E-state index < -0.39 is 5.97 Å². The van der Waals surface area contributed by atoms with Crippen LogP contribution in [0.1, 0.15) is 21.5 Å². The Morgan fingerprint density at radius 2 is 1.90 bits per heavy atom. The van der Waals surface area contributed by atoms with Gasteiger partial charge in [0.25, 0.3) is 0 Å². The second-order valence-corrected chi connectivity index (χ2v) is 7.11. The molecule has 0 atom stereocenters. The molecule has 4 aromatic rings. The first-order valence-corrected chi connectivity index (χ1v) is 9.67. The van der Waals surface area contributed by atoms with Gasteiger partial charge in [0, 0.05) is 39.0 Å². The maximum absolute atomic E-state index is 11.9. The van der Waals surface area contributed by atoms with E-state index in [1.54, 1.807) is 18.2 Å². The van der Waals surface area contributed by atoms with Crippen LogP contribution < -0.4 is 10.9 Å². The molecule has 0 unspecified atom stereocenters. The summed E-state index contributed by atoms with van der Waals surface area (Å²) in [6, 6.07) is 18.3. The van der Waals surface area contributed by atoms with Crippen LogP contribution >= 0.6 is 11.9 Å². The predicted octanol–water partition coefficient (Wildman–Crippen LogP) is 4.48. The highest BCUT2D eigenvalue weighted by atomic mass is 32.2. The smallest absolute Gasteiger partial charge is 0.336 e. The van der Waals surface area contributed by atoms with E-state index >= 15 is 0 Å². The van der Waals surface area contributed by atoms with Gasteiger partial charge in [-0.2, -0.15) is 0 Å². The van der Waals surface area contributed by atoms with E-state index in [9.17, 15) is 9.90 Å². The number of H-pyrrole nitrogens is 1. The SMILES string of the molecule is NSc1cc(C#Cc2cccc(C(=O)O)c2-c2ccc3cc[nH]c3c2)ccc1N. The standard InChI is InChI=1S/C23H17N3O2S/c24-19-9-5-14(12-21(19)29-25)4-6-16-2-1-3-18(23(27)28)22(16)17-8-7-15-10-11-26-20(15)13-17/h1-3,5,7-13,26H,24-25H2,(H,27,28). The minimum Gasteiger partial charge on any atom is -0.478 e. The zero-order valence-corrected chi connectivity index (χ0v) is 16.1. The molecule has 0 radical (unpaired) electrons. The van der Waals surface area contributed by atoms with Crippen molar-refractivity contribution in [2.75, 3.05) is 5.73 Å². The number of hydrogen-bond acceptors (Lipinski definition) is 4. The monoisotopic (exact) mass is 399 g/mol. The van der Waals surface area contributed by atoms with Gasteiger partial charge in [0.1, 0.15) is 0 Å². The largest absolute Gasteiger partial charge is 0.478 e. The summed E-state index contributed by atoms with van der Waals surface area (Å²) in [4.78, 5) is 15.8. The van der Waals surface area contributed by atoms with Gasteiger partial charge in [-0.15, -0.1) is 0 Å². The molecule has 1 aromatic heterocycles. The summed E-state index contributed by atoms with van der Waals surface area (Å²) in [5.74, 6) is 5.22. The van der Waals surface area contributed by atoms with Gasteiger partial charge in [0.15, 0.2) is 0 Å². The van der Waals surface area contributed by atoms with Gasteiger partial charge in [-0.25, -0.2) is 4.79 Å². The van der Waals surface area contributed by atoms with Crippen LogP contribution in [0.5, 0.6) is 0 Å². The molecule has 0 amide bonds. The topological polar surface area (TPSA) is 105 Å². The summed E-state index contributed by atoms with van der Waals surface area (Å²) < 4.78 is 0. The highest BCUT2D eigenvalue weighted by Crippen LogP contribution is 2.30. The third-order valence-corrected chi connectivity index (χ3v) is 5.23. The lowest BCUT2D eigenvalue weighted by Crippen LogP contribution is -2.01. The van der Waals surface area contributed by atoms with Crippen molar-refractivity contribution in [3.05, 3.63) is 83.6 Å². The number of aromatic amines is 1. The lowest BCUT2D eigenvalue weighted by Gasteiger charge is -2.10. The lowest BCUT2D eigenvalue weighted by atomic mass is 9.93. The molecule has 0 aliphatic heterocycles. The molecule has 0 saturated carbocycles. The van der Waals surface area contributed by atoms with Crippen LogP contribution in [0.2, 0.25) is 0 Å². The fraction of sp³-hybridized carbons (Fsp3) is 0. The maximum Gasteiger partial charge on any atom is 0.336 e. The number of aromatic nitrogens is 1. The first-order chi connectivity index (χ1) is 14.1. The molecule has 5 nitrogen and oxygen atoms in total. The van der Waals surface area contributed by atoms with Crippen LogP contribution in [-0.4, -0.2) is 16.1 Å². The number of carboxylic acids is 1. The third-order valence-electron chi connectivity index (χ3n) is 4.62. The Bertz CT molecular complexity index is 1300. The molecular formula is C23H17N3O2S. The third kappa shape index (κ3) is 3.69. The van der Waals surface area contributed by atoms with E-state index in [1.165, 1.54) is 0 Å². The molecule has 3 aromatic carbocycles. The Morgan fingerprint density at radius 1 is 1.03 bits per heavy atom. The van der Waals surface area contributed by atoms with Crippen LogP contribution in [-0.2, 0) is 0 Å². The van der Waals surface area contributed by atoms with Crippen molar-refractivity contribution in [3.8, 4) is 23.0 Å². The highest BCUT2D eigenvalue weighted by Gasteiger charge is 2.15. The van der Waals surface area contributed by atoms with Crippen molar-refractivity contribution < 1.29 is 9.90 Å². The molecule has 1 heterocycles. The van der Waals surface area contributed by atoms with Gasteiger partial charge in [0.2, 0.25) is 0 Å². The molecule has 0 saturated heterocycles. The van der Waals surface area contributed by atoms with Crippen LogP contribution in [0.15, 0.2) is 71.8 Å². The van der Waals surface area contributed by atoms with Crippen LogP contribution in [0.4, 0.5) is 5.69 Å². The fourth-order valence-electron chi connectivity index (χ4n) is 3.20. The second-order valence-electron chi connectivity index (χ2n) is 6.43. The number of nitrogen functional groups attached to an aromatic ring is 1. The first kappa shape index (κ1) is 18.7. The number of carboxylic acid groups (broad SMARTS) is 1. The number of rotatable bonds is 3. The number of hydrogen-bond donors (Lipinski definition) is 4. The molecule has 0 fully saturated rings. The van der Waals surface area contributed by atoms with Crippen molar-refractivity contribution >= 4 is 34.5 Å². The molecule has 6 heteroatoms. The number of fused-ring (bicyclic) bond motifs is 1. The number of benzene rings is 3. The summed E-state index contributed by atoms with van der Waals surface area (Å²) in [6.45, 7) is 0. The van der Waals surface area contributed by atoms with Gasteiger partial charge < -0.3 is 15.8 Å². The van der Waals surface area contributed by atoms with Gasteiger partial charge in [-0.3, -0.25) is 5.14 Å². The van der Waals surface area contributed by atoms with Crippen molar-refractivity contribution in [2.45, 2.75) is 4.90 Å². The van der Waals surface area contributed by atoms with E-state index in [-0.39, 0.29) is 5.56 Å². The summed E-state index contributed by atoms with van der Waals surface area (Å²) in [7, 11) is 0. The zero-order valence-electron chi connectivity index (χ0n) is 15.3. The fourth-order valence-corrected chi connectivity index (χ4v) is 3.60. The number of nitrogens with one attached hydrogen (secondary N) is 1. The van der Waals surface area contributed by atoms with Gasteiger partial charge in [-0.05, 0) is 65.4 Å². The van der Waals surface area contributed by atoms with Gasteiger partial charge >= 0.3 is 5.97 Å². The summed E-state index contributed by atoms with van der Waals surface area (Å²) in [6.07, 6.45) is 1.85. The lowest BCUT2D eigenvalue weighted by molar-refractivity contribution is 0.0697. The van der Waals surface area contributed by atoms with E-state index in [4.69, 9.17) is 10.9 Å². The Morgan fingerprint density at radius 3 is 2.69 bits per heavy atom. The Labute approximate surface area is 171 Å². The van der Waals surface area contributed by atoms with Gasteiger partial charge in [-0.1, -0.05) is 30.0 Å². The molecule has 4 rings (SSSR count). The summed E-state index contributed by atoms with van der Waals surface area (Å²) in [5.41, 5.74) is 10.4. The Kier molecular flexibility index (Phi) is 5.00. The van der Waals surface area contributed by atoms with Gasteiger partial charge in [0.05, 0.1) is 5.56 Å². The van der Waals surface area contributed by atoms with Crippen LogP contribution in [0.25, 0.3) is 22.0 Å². The normalized spacial score (nSPS) is 10.5. The Balaban J connectivity index is 1.87. The first-order valence-electron chi connectivity index (χ1n) is 8.79. The van der Waals surface area contributed by atoms with E-state index in [0.717, 1.165) is 38.9 Å². The van der Waals surface area contributed by atoms with Crippen molar-refractivity contribution in [3.63, 3.8) is 0 Å². The molecule has 29 heavy (non-hydrogen) atoms. The van der Waals surface area contributed by atoms with Crippen molar-refractivity contribution in [1.82, 2.24) is 4.98 Å². The maximum atomic E-state index is 11.9. The molecular weight excluding hydrogens is 382 g/mol. The minimum absolute atomic E-state index is 0.207. The molecule has 0 bridgehead atoms. The average Bonchev–Trinajstić information content (AvgIpc) is 3.20. The van der Waals surface area contributed by atoms with Crippen LogP contribution in [0.3, 0.4) is 0 Å². The minimum atomic E-state index is -0.996. The molecule has 0 aliphatic rings. The number of carbonyl (C=O) groups is 1. The second kappa shape index (κ2) is 7.76. The number of aromatic carboxylic acids is 1. The zero-order chi connectivity index (χ0) is 20.4. The predicted molar refractivity (Wildman–Crippen MR) is 118 cm³/mol. The highest BCUT2D eigenvalue weighted by molar-refractivity contribution is 7.97. The number of nitrogens with two attached hydrogens (primary N) is 2. The summed E-state index contributed by atoms with van der Waals surface area (Å²) >= 11 is 1.07. The van der Waals surface area contributed by atoms with E-state index in [0.29, 0.717) is 16.8 Å². The van der Waals surface area contributed by atoms with Crippen molar-refractivity contribution in [2.24, 2.45) is 5.14 Å².